The maximum atomic E-state index is 11.8. The molecule has 0 aliphatic carbocycles. The topological polar surface area (TPSA) is 38.3 Å². The van der Waals surface area contributed by atoms with E-state index in [1.165, 1.54) is 0 Å². The van der Waals surface area contributed by atoms with Gasteiger partial charge in [0.25, 0.3) is 0 Å². The number of carbonyl (C=O) groups is 1. The molecule has 0 aromatic heterocycles. The van der Waals surface area contributed by atoms with Gasteiger partial charge in [0.2, 0.25) is 0 Å². The first-order valence-electron chi connectivity index (χ1n) is 5.78. The van der Waals surface area contributed by atoms with Gasteiger partial charge in [0.05, 0.1) is 12.5 Å². The molecular weight excluding hydrogens is 202 g/mol. The molecule has 1 aromatic carbocycles. The Labute approximate surface area is 95.8 Å². The van der Waals surface area contributed by atoms with Crippen molar-refractivity contribution < 1.29 is 9.53 Å². The molecule has 1 fully saturated rings. The molecule has 1 aromatic rings. The Morgan fingerprint density at radius 3 is 2.88 bits per heavy atom. The Morgan fingerprint density at radius 2 is 2.19 bits per heavy atom. The molecule has 1 aliphatic rings. The molecule has 0 spiro atoms. The fourth-order valence-electron chi connectivity index (χ4n) is 2.22. The average Bonchev–Trinajstić information content (AvgIpc) is 2.79. The van der Waals surface area contributed by atoms with Gasteiger partial charge < -0.3 is 10.1 Å². The minimum Gasteiger partial charge on any atom is -0.466 e. The van der Waals surface area contributed by atoms with Crippen LogP contribution in [0.3, 0.4) is 0 Å². The van der Waals surface area contributed by atoms with E-state index in [0.717, 1.165) is 18.5 Å². The van der Waals surface area contributed by atoms with Gasteiger partial charge in [-0.15, -0.1) is 0 Å². The third-order valence-corrected chi connectivity index (χ3v) is 2.97. The van der Waals surface area contributed by atoms with Crippen molar-refractivity contribution in [1.82, 2.24) is 5.32 Å². The van der Waals surface area contributed by atoms with Crippen LogP contribution in [0.5, 0.6) is 0 Å². The molecule has 1 aliphatic heterocycles. The van der Waals surface area contributed by atoms with Gasteiger partial charge in [0.1, 0.15) is 0 Å². The van der Waals surface area contributed by atoms with Crippen LogP contribution in [-0.2, 0) is 9.53 Å². The van der Waals surface area contributed by atoms with E-state index in [2.05, 4.69) is 17.4 Å². The second-order valence-corrected chi connectivity index (χ2v) is 3.99. The van der Waals surface area contributed by atoms with E-state index in [-0.39, 0.29) is 17.9 Å². The number of ether oxygens (including phenoxy) is 1. The third kappa shape index (κ3) is 2.25. The molecule has 2 atom stereocenters. The van der Waals surface area contributed by atoms with E-state index in [0.29, 0.717) is 6.61 Å². The summed E-state index contributed by atoms with van der Waals surface area (Å²) in [6.45, 7) is 3.18. The highest BCUT2D eigenvalue weighted by atomic mass is 16.5. The van der Waals surface area contributed by atoms with Crippen molar-refractivity contribution >= 4 is 5.97 Å². The van der Waals surface area contributed by atoms with Gasteiger partial charge in [0, 0.05) is 6.04 Å². The van der Waals surface area contributed by atoms with Crippen LogP contribution in [-0.4, -0.2) is 19.1 Å². The minimum atomic E-state index is -0.0821. The summed E-state index contributed by atoms with van der Waals surface area (Å²) in [7, 11) is 0. The number of hydrogen-bond donors (Lipinski definition) is 1. The van der Waals surface area contributed by atoms with Gasteiger partial charge in [-0.3, -0.25) is 4.79 Å². The monoisotopic (exact) mass is 219 g/mol. The molecule has 0 bridgehead atoms. The molecule has 3 heteroatoms. The van der Waals surface area contributed by atoms with Crippen LogP contribution in [0, 0.1) is 5.92 Å². The van der Waals surface area contributed by atoms with Gasteiger partial charge in [-0.05, 0) is 25.5 Å². The molecule has 16 heavy (non-hydrogen) atoms. The first-order valence-corrected chi connectivity index (χ1v) is 5.78. The zero-order valence-electron chi connectivity index (χ0n) is 9.48. The van der Waals surface area contributed by atoms with Gasteiger partial charge in [-0.2, -0.15) is 0 Å². The van der Waals surface area contributed by atoms with Crippen LogP contribution in [0.15, 0.2) is 30.3 Å². The number of nitrogens with one attached hydrogen (secondary N) is 1. The molecular formula is C13H17NO2. The molecule has 86 valence electrons. The maximum absolute atomic E-state index is 11.8. The zero-order chi connectivity index (χ0) is 11.4. The van der Waals surface area contributed by atoms with Crippen molar-refractivity contribution in [1.29, 1.82) is 0 Å². The Balaban J connectivity index is 2.12. The Morgan fingerprint density at radius 1 is 1.44 bits per heavy atom. The van der Waals surface area contributed by atoms with Crippen molar-refractivity contribution in [3.05, 3.63) is 35.9 Å². The van der Waals surface area contributed by atoms with Crippen LogP contribution in [0.4, 0.5) is 0 Å². The highest BCUT2D eigenvalue weighted by molar-refractivity contribution is 5.74. The molecule has 3 nitrogen and oxygen atoms in total. The van der Waals surface area contributed by atoms with E-state index in [9.17, 15) is 4.79 Å². The third-order valence-electron chi connectivity index (χ3n) is 2.97. The van der Waals surface area contributed by atoms with Crippen molar-refractivity contribution in [3.8, 4) is 0 Å². The van der Waals surface area contributed by atoms with Crippen LogP contribution in [0.2, 0.25) is 0 Å². The standard InChI is InChI=1S/C13H17NO2/c1-2-16-13(15)11-8-9-14-12(11)10-6-4-3-5-7-10/h3-7,11-12,14H,2,8-9H2,1H3/t11-,12-/m0/s1. The summed E-state index contributed by atoms with van der Waals surface area (Å²) in [4.78, 5) is 11.8. The zero-order valence-corrected chi connectivity index (χ0v) is 9.48. The SMILES string of the molecule is CCOC(=O)[C@H]1CCN[C@H]1c1ccccc1. The Kier molecular flexibility index (Phi) is 3.57. The predicted molar refractivity (Wildman–Crippen MR) is 61.9 cm³/mol. The molecule has 0 unspecified atom stereocenters. The summed E-state index contributed by atoms with van der Waals surface area (Å²) in [5, 5.41) is 3.36. The molecule has 0 radical (unpaired) electrons. The number of rotatable bonds is 3. The summed E-state index contributed by atoms with van der Waals surface area (Å²) >= 11 is 0. The normalized spacial score (nSPS) is 24.3. The second kappa shape index (κ2) is 5.12. The first-order chi connectivity index (χ1) is 7.83. The van der Waals surface area contributed by atoms with Crippen molar-refractivity contribution in [2.75, 3.05) is 13.2 Å². The number of carbonyl (C=O) groups excluding carboxylic acids is 1. The summed E-state index contributed by atoms with van der Waals surface area (Å²) < 4.78 is 5.10. The van der Waals surface area contributed by atoms with Crippen LogP contribution in [0.1, 0.15) is 24.9 Å². The fourth-order valence-corrected chi connectivity index (χ4v) is 2.22. The van der Waals surface area contributed by atoms with Gasteiger partial charge in [-0.25, -0.2) is 0 Å². The van der Waals surface area contributed by atoms with E-state index in [1.807, 2.05) is 25.1 Å². The van der Waals surface area contributed by atoms with Gasteiger partial charge in [-0.1, -0.05) is 30.3 Å². The predicted octanol–water partition coefficient (Wildman–Crippen LogP) is 1.90. The number of hydrogen-bond acceptors (Lipinski definition) is 3. The maximum Gasteiger partial charge on any atom is 0.310 e. The van der Waals surface area contributed by atoms with E-state index in [4.69, 9.17) is 4.74 Å². The first kappa shape index (κ1) is 11.1. The number of esters is 1. The van der Waals surface area contributed by atoms with Crippen LogP contribution < -0.4 is 5.32 Å². The summed E-state index contributed by atoms with van der Waals surface area (Å²) in [6.07, 6.45) is 0.860. The minimum absolute atomic E-state index is 0.0395. The number of benzene rings is 1. The van der Waals surface area contributed by atoms with Crippen molar-refractivity contribution in [2.24, 2.45) is 5.92 Å². The van der Waals surface area contributed by atoms with Gasteiger partial charge in [0.15, 0.2) is 0 Å². The van der Waals surface area contributed by atoms with Crippen molar-refractivity contribution in [2.45, 2.75) is 19.4 Å². The summed E-state index contributed by atoms with van der Waals surface area (Å²) in [6, 6.07) is 10.2. The molecule has 0 saturated carbocycles. The molecule has 1 heterocycles. The highest BCUT2D eigenvalue weighted by Crippen LogP contribution is 2.30. The molecule has 0 amide bonds. The van der Waals surface area contributed by atoms with Crippen molar-refractivity contribution in [3.63, 3.8) is 0 Å². The quantitative estimate of drug-likeness (QED) is 0.789. The smallest absolute Gasteiger partial charge is 0.310 e. The van der Waals surface area contributed by atoms with Gasteiger partial charge >= 0.3 is 5.97 Å². The largest absolute Gasteiger partial charge is 0.466 e. The Hall–Kier alpha value is -1.35. The lowest BCUT2D eigenvalue weighted by Gasteiger charge is -2.18. The Bertz CT molecular complexity index is 350. The molecule has 1 saturated heterocycles. The fraction of sp³-hybridized carbons (Fsp3) is 0.462. The lowest BCUT2D eigenvalue weighted by atomic mass is 9.94. The van der Waals surface area contributed by atoms with Crippen LogP contribution >= 0.6 is 0 Å². The molecule has 1 N–H and O–H groups in total. The van der Waals surface area contributed by atoms with Crippen LogP contribution in [0.25, 0.3) is 0 Å². The highest BCUT2D eigenvalue weighted by Gasteiger charge is 2.34. The van der Waals surface area contributed by atoms with E-state index in [1.54, 1.807) is 0 Å². The van der Waals surface area contributed by atoms with E-state index >= 15 is 0 Å². The molecule has 2 rings (SSSR count). The van der Waals surface area contributed by atoms with E-state index < -0.39 is 0 Å². The summed E-state index contributed by atoms with van der Waals surface area (Å²) in [5.41, 5.74) is 1.16. The second-order valence-electron chi connectivity index (χ2n) is 3.99. The lowest BCUT2D eigenvalue weighted by Crippen LogP contribution is -2.25. The lowest BCUT2D eigenvalue weighted by molar-refractivity contribution is -0.148. The summed E-state index contributed by atoms with van der Waals surface area (Å²) in [5.74, 6) is -0.122. The average molecular weight is 219 g/mol.